The first-order chi connectivity index (χ1) is 14.7. The van der Waals surface area contributed by atoms with E-state index in [1.807, 2.05) is 36.4 Å². The molecule has 0 unspecified atom stereocenters. The van der Waals surface area contributed by atoms with Gasteiger partial charge in [0.2, 0.25) is 0 Å². The van der Waals surface area contributed by atoms with Crippen molar-refractivity contribution in [2.45, 2.75) is 45.4 Å². The summed E-state index contributed by atoms with van der Waals surface area (Å²) in [6.45, 7) is 11.2. The molecule has 0 saturated carbocycles. The van der Waals surface area contributed by atoms with Crippen molar-refractivity contribution in [1.82, 2.24) is 15.0 Å². The lowest BCUT2D eigenvalue weighted by atomic mass is 9.77. The molecule has 156 valence electrons. The van der Waals surface area contributed by atoms with E-state index in [1.54, 1.807) is 12.4 Å². The van der Waals surface area contributed by atoms with Crippen molar-refractivity contribution in [3.8, 4) is 22.6 Å². The van der Waals surface area contributed by atoms with Crippen LogP contribution < -0.4 is 0 Å². The summed E-state index contributed by atoms with van der Waals surface area (Å²) >= 11 is 0. The molecule has 0 atom stereocenters. The topological polar surface area (TPSA) is 38.7 Å². The largest absolute Gasteiger partial charge is 0.260 e. The Bertz CT molecular complexity index is 1190. The van der Waals surface area contributed by atoms with E-state index < -0.39 is 0 Å². The molecule has 2 aromatic carbocycles. The van der Waals surface area contributed by atoms with Gasteiger partial charge in [-0.2, -0.15) is 0 Å². The zero-order chi connectivity index (χ0) is 22.1. The van der Waals surface area contributed by atoms with Gasteiger partial charge in [0.1, 0.15) is 5.69 Å². The van der Waals surface area contributed by atoms with Crippen molar-refractivity contribution in [3.63, 3.8) is 0 Å². The van der Waals surface area contributed by atoms with E-state index in [2.05, 4.69) is 76.0 Å². The van der Waals surface area contributed by atoms with Gasteiger partial charge < -0.3 is 0 Å². The lowest BCUT2D eigenvalue weighted by Crippen LogP contribution is -2.22. The molecular weight excluding hydrogens is 378 g/mol. The molecule has 0 aliphatic carbocycles. The quantitative estimate of drug-likeness (QED) is 0.372. The van der Waals surface area contributed by atoms with Crippen LogP contribution in [0.5, 0.6) is 0 Å². The van der Waals surface area contributed by atoms with Gasteiger partial charge in [0, 0.05) is 11.0 Å². The number of hydrogen-bond acceptors (Lipinski definition) is 3. The van der Waals surface area contributed by atoms with E-state index in [-0.39, 0.29) is 10.8 Å². The van der Waals surface area contributed by atoms with Crippen molar-refractivity contribution in [3.05, 3.63) is 102 Å². The molecule has 0 fully saturated rings. The van der Waals surface area contributed by atoms with Crippen molar-refractivity contribution in [1.29, 1.82) is 0 Å². The van der Waals surface area contributed by atoms with Crippen LogP contribution >= 0.6 is 0 Å². The molecule has 4 rings (SSSR count). The smallest absolute Gasteiger partial charge is 0.108 e. The third-order valence-corrected chi connectivity index (χ3v) is 5.81. The van der Waals surface area contributed by atoms with Crippen LogP contribution in [0.4, 0.5) is 0 Å². The zero-order valence-corrected chi connectivity index (χ0v) is 18.9. The minimum atomic E-state index is -0.234. The second-order valence-corrected chi connectivity index (χ2v) is 9.52. The number of aromatic nitrogens is 3. The highest BCUT2D eigenvalue weighted by atomic mass is 14.8. The van der Waals surface area contributed by atoms with Crippen molar-refractivity contribution < 1.29 is 0 Å². The molecule has 3 heteroatoms. The Morgan fingerprint density at radius 2 is 1.26 bits per heavy atom. The highest BCUT2D eigenvalue weighted by molar-refractivity contribution is 5.62. The summed E-state index contributed by atoms with van der Waals surface area (Å²) < 4.78 is 0. The molecule has 31 heavy (non-hydrogen) atoms. The van der Waals surface area contributed by atoms with Crippen LogP contribution in [0.2, 0.25) is 0 Å². The van der Waals surface area contributed by atoms with Crippen molar-refractivity contribution in [2.24, 2.45) is 0 Å². The zero-order valence-electron chi connectivity index (χ0n) is 18.9. The Morgan fingerprint density at radius 1 is 0.581 bits per heavy atom. The van der Waals surface area contributed by atoms with E-state index >= 15 is 0 Å². The Balaban J connectivity index is 1.72. The maximum atomic E-state index is 5.02. The van der Waals surface area contributed by atoms with Gasteiger partial charge in [-0.25, -0.2) is 4.98 Å². The Morgan fingerprint density at radius 3 is 2.00 bits per heavy atom. The number of nitrogens with zero attached hydrogens (tertiary/aromatic N) is 3. The van der Waals surface area contributed by atoms with Crippen LogP contribution in [0.1, 0.15) is 51.4 Å². The number of hydrogen-bond donors (Lipinski definition) is 0. The van der Waals surface area contributed by atoms with Crippen LogP contribution in [0.15, 0.2) is 85.2 Å². The Hall–Kier alpha value is -3.33. The van der Waals surface area contributed by atoms with E-state index in [1.165, 1.54) is 11.1 Å². The van der Waals surface area contributed by atoms with Gasteiger partial charge in [-0.05, 0) is 28.7 Å². The first kappa shape index (κ1) is 20.9. The molecule has 0 radical (unpaired) electrons. The summed E-state index contributed by atoms with van der Waals surface area (Å²) in [6, 6.07) is 25.1. The molecule has 0 spiro atoms. The van der Waals surface area contributed by atoms with Crippen molar-refractivity contribution >= 4 is 0 Å². The lowest BCUT2D eigenvalue weighted by Gasteiger charge is -2.28. The predicted molar refractivity (Wildman–Crippen MR) is 128 cm³/mol. The first-order valence-electron chi connectivity index (χ1n) is 10.7. The maximum Gasteiger partial charge on any atom is 0.108 e. The minimum absolute atomic E-state index is 0.106. The molecule has 0 aliphatic heterocycles. The summed E-state index contributed by atoms with van der Waals surface area (Å²) in [6.07, 6.45) is 3.58. The van der Waals surface area contributed by atoms with Gasteiger partial charge in [-0.3, -0.25) is 9.97 Å². The van der Waals surface area contributed by atoms with Gasteiger partial charge in [0.25, 0.3) is 0 Å². The van der Waals surface area contributed by atoms with Crippen LogP contribution in [0.3, 0.4) is 0 Å². The second-order valence-electron chi connectivity index (χ2n) is 9.52. The molecule has 0 N–H and O–H groups in total. The van der Waals surface area contributed by atoms with Crippen molar-refractivity contribution in [2.75, 3.05) is 0 Å². The number of rotatable bonds is 4. The summed E-state index contributed by atoms with van der Waals surface area (Å²) in [4.78, 5) is 14.3. The summed E-state index contributed by atoms with van der Waals surface area (Å²) in [5.41, 5.74) is 6.99. The standard InChI is InChI=1S/C28H29N3/c1-27(2,3)21-13-9-14-22(17-21)28(4,5)26-16-10-15-23(31-26)25-19-29-18-24(30-25)20-11-7-6-8-12-20/h6-19H,1-5H3. The fourth-order valence-corrected chi connectivity index (χ4v) is 3.69. The van der Waals surface area contributed by atoms with E-state index in [9.17, 15) is 0 Å². The van der Waals surface area contributed by atoms with Gasteiger partial charge in [0.15, 0.2) is 0 Å². The second kappa shape index (κ2) is 8.07. The molecule has 2 heterocycles. The summed E-state index contributed by atoms with van der Waals surface area (Å²) in [5.74, 6) is 0. The van der Waals surface area contributed by atoms with Crippen LogP contribution in [-0.4, -0.2) is 15.0 Å². The molecule has 4 aromatic rings. The average molecular weight is 408 g/mol. The molecule has 2 aromatic heterocycles. The van der Waals surface area contributed by atoms with Gasteiger partial charge >= 0.3 is 0 Å². The lowest BCUT2D eigenvalue weighted by molar-refractivity contribution is 0.578. The van der Waals surface area contributed by atoms with Gasteiger partial charge in [0.05, 0.1) is 29.5 Å². The normalized spacial score (nSPS) is 12.0. The van der Waals surface area contributed by atoms with Crippen LogP contribution in [0.25, 0.3) is 22.6 Å². The fourth-order valence-electron chi connectivity index (χ4n) is 3.69. The minimum Gasteiger partial charge on any atom is -0.260 e. The molecule has 0 bridgehead atoms. The van der Waals surface area contributed by atoms with Crippen LogP contribution in [-0.2, 0) is 10.8 Å². The Labute approximate surface area is 185 Å². The monoisotopic (exact) mass is 407 g/mol. The molecule has 0 amide bonds. The third-order valence-electron chi connectivity index (χ3n) is 5.81. The highest BCUT2D eigenvalue weighted by Crippen LogP contribution is 2.34. The van der Waals surface area contributed by atoms with E-state index in [0.29, 0.717) is 0 Å². The Kier molecular flexibility index (Phi) is 5.45. The molecule has 3 nitrogen and oxygen atoms in total. The number of pyridine rings is 1. The molecular formula is C28H29N3. The third kappa shape index (κ3) is 4.41. The summed E-state index contributed by atoms with van der Waals surface area (Å²) in [5, 5.41) is 0. The van der Waals surface area contributed by atoms with Crippen LogP contribution in [0, 0.1) is 0 Å². The highest BCUT2D eigenvalue weighted by Gasteiger charge is 2.27. The van der Waals surface area contributed by atoms with Gasteiger partial charge in [-0.1, -0.05) is 95.3 Å². The SMILES string of the molecule is CC(C)(C)c1cccc(C(C)(C)c2cccc(-c3cncc(-c4ccccc4)n3)n2)c1. The summed E-state index contributed by atoms with van der Waals surface area (Å²) in [7, 11) is 0. The average Bonchev–Trinajstić information content (AvgIpc) is 2.79. The first-order valence-corrected chi connectivity index (χ1v) is 10.7. The number of benzene rings is 2. The van der Waals surface area contributed by atoms with E-state index in [4.69, 9.17) is 9.97 Å². The fraction of sp³-hybridized carbons (Fsp3) is 0.250. The predicted octanol–water partition coefficient (Wildman–Crippen LogP) is 6.83. The van der Waals surface area contributed by atoms with E-state index in [0.717, 1.165) is 28.3 Å². The molecule has 0 saturated heterocycles. The maximum absolute atomic E-state index is 5.02. The molecule has 0 aliphatic rings. The van der Waals surface area contributed by atoms with Gasteiger partial charge in [-0.15, -0.1) is 0 Å².